The number of carbonyl (C=O) groups is 2. The molecule has 0 radical (unpaired) electrons. The first kappa shape index (κ1) is 49.0. The highest BCUT2D eigenvalue weighted by atomic mass is 35.5. The van der Waals surface area contributed by atoms with Gasteiger partial charge in [0.2, 0.25) is 10.9 Å². The summed E-state index contributed by atoms with van der Waals surface area (Å²) in [4.78, 5) is 70.0. The SMILES string of the molecule is O=C(c1ccccc1)[C@@H]1O[C@@H]1c1ccccc1[N+](=O)[O-].O=Cc1ccccc1[N+](=O)[O-].O=c1c(O)c(-c2ccccc2)[nH]c2ccc(Cl)cc12.O=c1c(O)c(-c2ccccc2)n(O)c2ccc(Cl)cc12. The van der Waals surface area contributed by atoms with Crippen molar-refractivity contribution < 1.29 is 39.6 Å². The Morgan fingerprint density at radius 2 is 1.16 bits per heavy atom. The van der Waals surface area contributed by atoms with Gasteiger partial charge in [-0.25, -0.2) is 0 Å². The summed E-state index contributed by atoms with van der Waals surface area (Å²) in [6, 6.07) is 48.4. The monoisotopic (exact) mass is 978 g/mol. The number of para-hydroxylation sites is 2. The van der Waals surface area contributed by atoms with Gasteiger partial charge in [0.15, 0.2) is 29.7 Å². The minimum atomic E-state index is -0.626. The van der Waals surface area contributed by atoms with Crippen LogP contribution >= 0.6 is 23.2 Å². The first-order valence-electron chi connectivity index (χ1n) is 20.8. The number of ketones is 1. The summed E-state index contributed by atoms with van der Waals surface area (Å²) in [5, 5.41) is 53.0. The topological polar surface area (TPSA) is 248 Å². The number of aromatic nitrogens is 2. The van der Waals surface area contributed by atoms with E-state index in [0.717, 1.165) is 10.3 Å². The van der Waals surface area contributed by atoms with Gasteiger partial charge < -0.3 is 25.1 Å². The zero-order valence-electron chi connectivity index (χ0n) is 36.1. The van der Waals surface area contributed by atoms with Crippen molar-refractivity contribution in [3.63, 3.8) is 0 Å². The fourth-order valence-corrected chi connectivity index (χ4v) is 7.55. The molecule has 70 heavy (non-hydrogen) atoms. The van der Waals surface area contributed by atoms with Gasteiger partial charge in [0, 0.05) is 38.9 Å². The summed E-state index contributed by atoms with van der Waals surface area (Å²) in [5.41, 5.74) is 2.68. The average Bonchev–Trinajstić information content (AvgIpc) is 4.19. The number of epoxide rings is 1. The summed E-state index contributed by atoms with van der Waals surface area (Å²) in [7, 11) is 0. The molecule has 0 aliphatic carbocycles. The number of halogens is 2. The van der Waals surface area contributed by atoms with Crippen molar-refractivity contribution in [3.8, 4) is 34.0 Å². The van der Waals surface area contributed by atoms with E-state index in [1.54, 1.807) is 103 Å². The van der Waals surface area contributed by atoms with Crippen LogP contribution in [0.2, 0.25) is 10.0 Å². The number of H-pyrrole nitrogens is 1. The maximum absolute atomic E-state index is 12.2. The third-order valence-corrected chi connectivity index (χ3v) is 11.1. The number of benzene rings is 7. The lowest BCUT2D eigenvalue weighted by atomic mass is 10.0. The van der Waals surface area contributed by atoms with Crippen LogP contribution in [0.25, 0.3) is 44.3 Å². The van der Waals surface area contributed by atoms with Crippen LogP contribution in [-0.4, -0.2) is 53.2 Å². The number of aromatic hydroxyl groups is 2. The van der Waals surface area contributed by atoms with E-state index >= 15 is 0 Å². The molecule has 18 heteroatoms. The van der Waals surface area contributed by atoms with Gasteiger partial charge in [0.05, 0.1) is 48.5 Å². The van der Waals surface area contributed by atoms with Crippen molar-refractivity contribution in [3.05, 3.63) is 243 Å². The Balaban J connectivity index is 0.000000140. The molecule has 1 fully saturated rings. The van der Waals surface area contributed by atoms with Gasteiger partial charge in [-0.1, -0.05) is 138 Å². The molecular weight excluding hydrogens is 943 g/mol. The Bertz CT molecular complexity index is 3540. The molecule has 1 saturated heterocycles. The zero-order chi connectivity index (χ0) is 50.1. The number of nitro groups is 2. The number of nitro benzene ring substituents is 2. The number of hydrogen-bond acceptors (Lipinski definition) is 12. The van der Waals surface area contributed by atoms with Gasteiger partial charge in [0.25, 0.3) is 11.4 Å². The van der Waals surface area contributed by atoms with Gasteiger partial charge in [0.1, 0.15) is 11.8 Å². The van der Waals surface area contributed by atoms with Crippen molar-refractivity contribution in [1.82, 2.24) is 9.71 Å². The standard InChI is InChI=1S/C15H10ClNO3.C15H10ClNO2.C15H11NO4.C7H5NO3/c16-10-6-7-12-11(8-10)14(18)15(19)13(17(12)20)9-4-2-1-3-5-9;16-10-6-7-12-11(8-10)14(18)15(19)13(17-12)9-4-2-1-3-5-9;17-13(10-6-2-1-3-7-10)15-14(20-15)11-8-4-5-9-12(11)16(18)19;9-5-6-3-1-2-4-7(6)8(10)11/h1-8,19-20H;1-8,19H,(H,17,18);1-9,14-15H;1-5H/t;;14-,15+;/m..1./s1. The van der Waals surface area contributed by atoms with E-state index in [-0.39, 0.29) is 45.1 Å². The first-order valence-corrected chi connectivity index (χ1v) is 21.5. The molecule has 9 aromatic rings. The highest BCUT2D eigenvalue weighted by Gasteiger charge is 2.48. The molecule has 1 aliphatic rings. The second-order valence-corrected chi connectivity index (χ2v) is 15.9. The molecule has 16 nitrogen and oxygen atoms in total. The normalized spacial score (nSPS) is 13.3. The van der Waals surface area contributed by atoms with Crippen LogP contribution in [0.3, 0.4) is 0 Å². The van der Waals surface area contributed by atoms with Crippen molar-refractivity contribution in [1.29, 1.82) is 0 Å². The second-order valence-electron chi connectivity index (χ2n) is 15.1. The molecule has 2 aromatic heterocycles. The van der Waals surface area contributed by atoms with Gasteiger partial charge in [-0.2, -0.15) is 4.73 Å². The molecule has 4 N–H and O–H groups in total. The number of aldehydes is 1. The molecule has 0 spiro atoms. The number of Topliss-reactive ketones (excluding diaryl/α,β-unsaturated/α-hetero) is 1. The number of pyridine rings is 2. The summed E-state index contributed by atoms with van der Waals surface area (Å²) >= 11 is 11.7. The number of fused-ring (bicyclic) bond motifs is 2. The van der Waals surface area contributed by atoms with Crippen molar-refractivity contribution >= 4 is 68.5 Å². The Kier molecular flexibility index (Phi) is 15.2. The first-order chi connectivity index (χ1) is 33.7. The molecule has 7 aromatic carbocycles. The van der Waals surface area contributed by atoms with Crippen LogP contribution in [0.15, 0.2) is 186 Å². The summed E-state index contributed by atoms with van der Waals surface area (Å²) in [6.07, 6.45) is -0.680. The van der Waals surface area contributed by atoms with Crippen LogP contribution in [0, 0.1) is 20.2 Å². The van der Waals surface area contributed by atoms with Crippen molar-refractivity contribution in [2.75, 3.05) is 0 Å². The predicted molar refractivity (Wildman–Crippen MR) is 264 cm³/mol. The third-order valence-electron chi connectivity index (χ3n) is 10.6. The quantitative estimate of drug-likeness (QED) is 0.0277. The van der Waals surface area contributed by atoms with Crippen LogP contribution in [0.5, 0.6) is 11.5 Å². The summed E-state index contributed by atoms with van der Waals surface area (Å²) in [6.45, 7) is 0. The fourth-order valence-electron chi connectivity index (χ4n) is 7.21. The van der Waals surface area contributed by atoms with Gasteiger partial charge in [-0.05, 0) is 48.5 Å². The lowest BCUT2D eigenvalue weighted by Crippen LogP contribution is -2.11. The van der Waals surface area contributed by atoms with Crippen molar-refractivity contribution in [2.24, 2.45) is 0 Å². The van der Waals surface area contributed by atoms with Crippen LogP contribution in [-0.2, 0) is 4.74 Å². The number of ether oxygens (including phenoxy) is 1. The van der Waals surface area contributed by atoms with E-state index in [9.17, 15) is 54.8 Å². The molecule has 2 atom stereocenters. The summed E-state index contributed by atoms with van der Waals surface area (Å²) < 4.78 is 6.16. The minimum absolute atomic E-state index is 0.0131. The van der Waals surface area contributed by atoms with Crippen molar-refractivity contribution in [2.45, 2.75) is 12.2 Å². The Labute approximate surface area is 405 Å². The molecule has 1 aliphatic heterocycles. The van der Waals surface area contributed by atoms with E-state index in [0.29, 0.717) is 49.6 Å². The number of hydrogen-bond donors (Lipinski definition) is 4. The zero-order valence-corrected chi connectivity index (χ0v) is 37.6. The number of rotatable bonds is 8. The number of nitrogens with zero attached hydrogens (tertiary/aromatic N) is 3. The molecular formula is C52H36Cl2N4O12. The van der Waals surface area contributed by atoms with Crippen LogP contribution < -0.4 is 10.9 Å². The van der Waals surface area contributed by atoms with E-state index in [2.05, 4.69) is 4.98 Å². The van der Waals surface area contributed by atoms with E-state index < -0.39 is 38.7 Å². The van der Waals surface area contributed by atoms with Gasteiger partial charge >= 0.3 is 0 Å². The molecule has 0 amide bonds. The smallest absolute Gasteiger partial charge is 0.279 e. The van der Waals surface area contributed by atoms with E-state index in [1.165, 1.54) is 36.4 Å². The maximum atomic E-state index is 12.2. The molecule has 0 unspecified atom stereocenters. The highest BCUT2D eigenvalue weighted by molar-refractivity contribution is 6.31. The molecule has 10 rings (SSSR count). The van der Waals surface area contributed by atoms with Gasteiger partial charge in [-0.15, -0.1) is 0 Å². The lowest BCUT2D eigenvalue weighted by molar-refractivity contribution is -0.385. The van der Waals surface area contributed by atoms with Gasteiger partial charge in [-0.3, -0.25) is 39.4 Å². The predicted octanol–water partition coefficient (Wildman–Crippen LogP) is 11.1. The van der Waals surface area contributed by atoms with Crippen LogP contribution in [0.4, 0.5) is 11.4 Å². The lowest BCUT2D eigenvalue weighted by Gasteiger charge is -2.12. The number of nitrogens with one attached hydrogen (secondary N) is 1. The summed E-state index contributed by atoms with van der Waals surface area (Å²) in [5.74, 6) is -0.941. The Morgan fingerprint density at radius 1 is 0.643 bits per heavy atom. The molecule has 0 saturated carbocycles. The minimum Gasteiger partial charge on any atom is -0.503 e. The van der Waals surface area contributed by atoms with Crippen LogP contribution in [0.1, 0.15) is 32.4 Å². The number of carbonyl (C=O) groups excluding carboxylic acids is 2. The van der Waals surface area contributed by atoms with E-state index in [1.807, 2.05) is 36.4 Å². The Morgan fingerprint density at radius 3 is 1.76 bits per heavy atom. The highest BCUT2D eigenvalue weighted by Crippen LogP contribution is 2.44. The van der Waals surface area contributed by atoms with E-state index in [4.69, 9.17) is 27.9 Å². The third kappa shape index (κ3) is 10.9. The average molecular weight is 980 g/mol. The Hall–Kier alpha value is -8.96. The second kappa shape index (κ2) is 21.8. The fraction of sp³-hybridized carbons (Fsp3) is 0.0385. The molecule has 0 bridgehead atoms. The maximum Gasteiger partial charge on any atom is 0.279 e. The number of aromatic amines is 1. The molecule has 350 valence electrons. The largest absolute Gasteiger partial charge is 0.503 e. The molecule has 3 heterocycles.